The molecule has 1 amide bonds. The van der Waals surface area contributed by atoms with Crippen molar-refractivity contribution in [1.82, 2.24) is 0 Å². The molecule has 0 radical (unpaired) electrons. The number of hydrogen-bond acceptors (Lipinski definition) is 3. The van der Waals surface area contributed by atoms with Gasteiger partial charge in [0.1, 0.15) is 5.75 Å². The summed E-state index contributed by atoms with van der Waals surface area (Å²) in [4.78, 5) is 11.7. The fourth-order valence-electron chi connectivity index (χ4n) is 1.27. The van der Waals surface area contributed by atoms with Gasteiger partial charge < -0.3 is 15.8 Å². The van der Waals surface area contributed by atoms with Gasteiger partial charge in [0.05, 0.1) is 18.2 Å². The highest BCUT2D eigenvalue weighted by molar-refractivity contribution is 6.32. The average Bonchev–Trinajstić information content (AvgIpc) is 2.28. The van der Waals surface area contributed by atoms with Crippen LogP contribution in [0.15, 0.2) is 18.2 Å². The van der Waals surface area contributed by atoms with Crippen molar-refractivity contribution >= 4 is 23.2 Å². The summed E-state index contributed by atoms with van der Waals surface area (Å²) in [5, 5.41) is 3.16. The molecule has 0 heterocycles. The molecule has 0 aromatic heterocycles. The molecule has 0 aliphatic heterocycles. The molecule has 5 heteroatoms. The molecule has 0 bridgehead atoms. The van der Waals surface area contributed by atoms with E-state index in [0.717, 1.165) is 0 Å². The molecule has 4 nitrogen and oxygen atoms in total. The molecule has 1 aromatic carbocycles. The number of nitrogens with two attached hydrogens (primary N) is 1. The molecule has 0 saturated carbocycles. The van der Waals surface area contributed by atoms with Crippen molar-refractivity contribution in [3.8, 4) is 5.75 Å². The van der Waals surface area contributed by atoms with E-state index in [2.05, 4.69) is 5.32 Å². The van der Waals surface area contributed by atoms with E-state index in [1.165, 1.54) is 7.11 Å². The van der Waals surface area contributed by atoms with E-state index in [1.807, 2.05) is 13.8 Å². The summed E-state index contributed by atoms with van der Waals surface area (Å²) in [6, 6.07) is 4.51. The minimum absolute atomic E-state index is 0.0868. The van der Waals surface area contributed by atoms with Crippen molar-refractivity contribution < 1.29 is 9.53 Å². The number of ether oxygens (including phenoxy) is 1. The first-order chi connectivity index (χ1) is 7.95. The molecule has 0 aliphatic rings. The second-order valence-electron chi connectivity index (χ2n) is 4.11. The van der Waals surface area contributed by atoms with Crippen molar-refractivity contribution in [2.45, 2.75) is 19.9 Å². The average molecular weight is 257 g/mol. The number of carbonyl (C=O) groups is 1. The summed E-state index contributed by atoms with van der Waals surface area (Å²) >= 11 is 5.95. The zero-order valence-corrected chi connectivity index (χ0v) is 10.9. The lowest BCUT2D eigenvalue weighted by Crippen LogP contribution is -2.39. The normalized spacial score (nSPS) is 12.4. The molecule has 1 aromatic rings. The van der Waals surface area contributed by atoms with E-state index in [0.29, 0.717) is 16.5 Å². The summed E-state index contributed by atoms with van der Waals surface area (Å²) in [6.45, 7) is 3.79. The van der Waals surface area contributed by atoms with Crippen LogP contribution >= 0.6 is 11.6 Å². The summed E-state index contributed by atoms with van der Waals surface area (Å²) in [5.41, 5.74) is 6.34. The zero-order chi connectivity index (χ0) is 13.0. The molecule has 1 rings (SSSR count). The van der Waals surface area contributed by atoms with Gasteiger partial charge in [-0.15, -0.1) is 0 Å². The smallest absolute Gasteiger partial charge is 0.241 e. The van der Waals surface area contributed by atoms with E-state index < -0.39 is 6.04 Å². The van der Waals surface area contributed by atoms with Crippen molar-refractivity contribution in [3.63, 3.8) is 0 Å². The molecule has 17 heavy (non-hydrogen) atoms. The van der Waals surface area contributed by atoms with Crippen molar-refractivity contribution in [2.75, 3.05) is 12.4 Å². The van der Waals surface area contributed by atoms with E-state index >= 15 is 0 Å². The van der Waals surface area contributed by atoms with Gasteiger partial charge in [0, 0.05) is 5.69 Å². The van der Waals surface area contributed by atoms with Gasteiger partial charge in [0.25, 0.3) is 0 Å². The number of nitrogens with one attached hydrogen (secondary N) is 1. The van der Waals surface area contributed by atoms with Gasteiger partial charge in [0.2, 0.25) is 5.91 Å². The van der Waals surface area contributed by atoms with Crippen LogP contribution in [-0.2, 0) is 4.79 Å². The first-order valence-electron chi connectivity index (χ1n) is 5.35. The third kappa shape index (κ3) is 3.61. The Morgan fingerprint density at radius 2 is 2.12 bits per heavy atom. The van der Waals surface area contributed by atoms with Crippen molar-refractivity contribution in [1.29, 1.82) is 0 Å². The van der Waals surface area contributed by atoms with E-state index in [-0.39, 0.29) is 11.8 Å². The number of anilines is 1. The van der Waals surface area contributed by atoms with Crippen LogP contribution in [0.5, 0.6) is 5.75 Å². The standard InChI is InChI=1S/C12H17ClN2O2/c1-7(2)11(14)12(16)15-8-4-5-10(17-3)9(13)6-8/h4-7,11H,14H2,1-3H3,(H,15,16)/t11-/m0/s1. The monoisotopic (exact) mass is 256 g/mol. The summed E-state index contributed by atoms with van der Waals surface area (Å²) in [5.74, 6) is 0.433. The second-order valence-corrected chi connectivity index (χ2v) is 4.52. The molecule has 1 atom stereocenters. The highest BCUT2D eigenvalue weighted by Crippen LogP contribution is 2.27. The quantitative estimate of drug-likeness (QED) is 0.869. The Bertz CT molecular complexity index is 407. The Hall–Kier alpha value is -1.26. The van der Waals surface area contributed by atoms with Gasteiger partial charge in [0.15, 0.2) is 0 Å². The van der Waals surface area contributed by atoms with Gasteiger partial charge in [-0.3, -0.25) is 4.79 Å². The lowest BCUT2D eigenvalue weighted by molar-refractivity contribution is -0.118. The van der Waals surface area contributed by atoms with Crippen LogP contribution in [0.3, 0.4) is 0 Å². The SMILES string of the molecule is COc1ccc(NC(=O)[C@@H](N)C(C)C)cc1Cl. The lowest BCUT2D eigenvalue weighted by Gasteiger charge is -2.15. The molecule has 0 unspecified atom stereocenters. The Morgan fingerprint density at radius 1 is 1.47 bits per heavy atom. The van der Waals surface area contributed by atoms with Crippen LogP contribution in [0.4, 0.5) is 5.69 Å². The number of hydrogen-bond donors (Lipinski definition) is 2. The first kappa shape index (κ1) is 13.8. The summed E-state index contributed by atoms with van der Waals surface area (Å²) in [6.07, 6.45) is 0. The predicted octanol–water partition coefficient (Wildman–Crippen LogP) is 2.27. The maximum atomic E-state index is 11.7. The van der Waals surface area contributed by atoms with Crippen LogP contribution in [0.1, 0.15) is 13.8 Å². The Morgan fingerprint density at radius 3 is 2.59 bits per heavy atom. The van der Waals surface area contributed by atoms with E-state index in [1.54, 1.807) is 18.2 Å². The molecule has 0 fully saturated rings. The zero-order valence-electron chi connectivity index (χ0n) is 10.2. The van der Waals surface area contributed by atoms with Gasteiger partial charge in [-0.1, -0.05) is 25.4 Å². The molecule has 0 aliphatic carbocycles. The maximum absolute atomic E-state index is 11.7. The van der Waals surface area contributed by atoms with Gasteiger partial charge in [-0.25, -0.2) is 0 Å². The van der Waals surface area contributed by atoms with Crippen LogP contribution in [0, 0.1) is 5.92 Å². The largest absolute Gasteiger partial charge is 0.495 e. The minimum atomic E-state index is -0.532. The fourth-order valence-corrected chi connectivity index (χ4v) is 1.53. The van der Waals surface area contributed by atoms with Crippen LogP contribution in [0.25, 0.3) is 0 Å². The maximum Gasteiger partial charge on any atom is 0.241 e. The topological polar surface area (TPSA) is 64.3 Å². The van der Waals surface area contributed by atoms with E-state index in [4.69, 9.17) is 22.1 Å². The number of carbonyl (C=O) groups excluding carboxylic acids is 1. The molecule has 94 valence electrons. The fraction of sp³-hybridized carbons (Fsp3) is 0.417. The minimum Gasteiger partial charge on any atom is -0.495 e. The second kappa shape index (κ2) is 5.89. The summed E-state index contributed by atoms with van der Waals surface area (Å²) in [7, 11) is 1.54. The van der Waals surface area contributed by atoms with Gasteiger partial charge >= 0.3 is 0 Å². The summed E-state index contributed by atoms with van der Waals surface area (Å²) < 4.78 is 5.02. The number of rotatable bonds is 4. The first-order valence-corrected chi connectivity index (χ1v) is 5.73. The third-order valence-electron chi connectivity index (χ3n) is 2.44. The number of amides is 1. The van der Waals surface area contributed by atoms with Crippen LogP contribution in [0.2, 0.25) is 5.02 Å². The van der Waals surface area contributed by atoms with Gasteiger partial charge in [-0.05, 0) is 24.1 Å². The molecule has 0 spiro atoms. The highest BCUT2D eigenvalue weighted by Gasteiger charge is 2.17. The Balaban J connectivity index is 2.76. The lowest BCUT2D eigenvalue weighted by atomic mass is 10.0. The van der Waals surface area contributed by atoms with E-state index in [9.17, 15) is 4.79 Å². The molecule has 3 N–H and O–H groups in total. The molecule has 0 saturated heterocycles. The Kier molecular flexibility index (Phi) is 4.78. The third-order valence-corrected chi connectivity index (χ3v) is 2.74. The number of halogens is 1. The Labute approximate surface area is 106 Å². The number of benzene rings is 1. The molecular weight excluding hydrogens is 240 g/mol. The molecular formula is C12H17ClN2O2. The highest BCUT2D eigenvalue weighted by atomic mass is 35.5. The predicted molar refractivity (Wildman–Crippen MR) is 69.4 cm³/mol. The van der Waals surface area contributed by atoms with Crippen LogP contribution < -0.4 is 15.8 Å². The van der Waals surface area contributed by atoms with Crippen LogP contribution in [-0.4, -0.2) is 19.1 Å². The van der Waals surface area contributed by atoms with Crippen molar-refractivity contribution in [2.24, 2.45) is 11.7 Å². The van der Waals surface area contributed by atoms with Crippen molar-refractivity contribution in [3.05, 3.63) is 23.2 Å². The van der Waals surface area contributed by atoms with Gasteiger partial charge in [-0.2, -0.15) is 0 Å². The number of methoxy groups -OCH3 is 1.